The molecule has 4 heteroatoms. The standard InChI is InChI=1S/C13H20N2O2/c1-14-13(12-9-15-7-8-17-12)10-5-3-4-6-11(10)16-2/h3-6,12-15H,7-9H2,1-2H3. The first-order chi connectivity index (χ1) is 8.36. The molecule has 1 heterocycles. The maximum atomic E-state index is 5.80. The zero-order valence-electron chi connectivity index (χ0n) is 10.4. The van der Waals surface area contributed by atoms with Crippen LogP contribution in [0.15, 0.2) is 24.3 Å². The SMILES string of the molecule is CNC(c1ccccc1OC)C1CNCCO1. The van der Waals surface area contributed by atoms with Crippen molar-refractivity contribution in [3.05, 3.63) is 29.8 Å². The highest BCUT2D eigenvalue weighted by Crippen LogP contribution is 2.28. The van der Waals surface area contributed by atoms with Crippen molar-refractivity contribution in [3.63, 3.8) is 0 Å². The van der Waals surface area contributed by atoms with Crippen molar-refractivity contribution < 1.29 is 9.47 Å². The van der Waals surface area contributed by atoms with E-state index in [0.717, 1.165) is 31.0 Å². The van der Waals surface area contributed by atoms with Crippen molar-refractivity contribution in [2.24, 2.45) is 0 Å². The molecule has 0 radical (unpaired) electrons. The maximum Gasteiger partial charge on any atom is 0.123 e. The summed E-state index contributed by atoms with van der Waals surface area (Å²) in [6.07, 6.45) is 0.144. The minimum Gasteiger partial charge on any atom is -0.496 e. The molecule has 17 heavy (non-hydrogen) atoms. The molecule has 1 aromatic rings. The number of nitrogens with one attached hydrogen (secondary N) is 2. The molecule has 1 aliphatic rings. The van der Waals surface area contributed by atoms with Crippen LogP contribution in [0.4, 0.5) is 0 Å². The van der Waals surface area contributed by atoms with Gasteiger partial charge in [-0.3, -0.25) is 0 Å². The van der Waals surface area contributed by atoms with Crippen LogP contribution in [0.25, 0.3) is 0 Å². The Kier molecular flexibility index (Phi) is 4.36. The van der Waals surface area contributed by atoms with E-state index in [0.29, 0.717) is 0 Å². The molecule has 2 unspecified atom stereocenters. The molecule has 1 saturated heterocycles. The summed E-state index contributed by atoms with van der Waals surface area (Å²) in [7, 11) is 3.65. The van der Waals surface area contributed by atoms with Crippen molar-refractivity contribution in [2.45, 2.75) is 12.1 Å². The Balaban J connectivity index is 2.21. The molecule has 4 nitrogen and oxygen atoms in total. The van der Waals surface area contributed by atoms with Crippen LogP contribution in [0.5, 0.6) is 5.75 Å². The summed E-state index contributed by atoms with van der Waals surface area (Å²) in [6, 6.07) is 8.22. The van der Waals surface area contributed by atoms with Crippen molar-refractivity contribution in [3.8, 4) is 5.75 Å². The molecule has 94 valence electrons. The molecule has 1 aromatic carbocycles. The van der Waals surface area contributed by atoms with E-state index in [-0.39, 0.29) is 12.1 Å². The zero-order valence-corrected chi connectivity index (χ0v) is 10.4. The summed E-state index contributed by atoms with van der Waals surface area (Å²) >= 11 is 0. The molecule has 1 fully saturated rings. The Morgan fingerprint density at radius 1 is 1.47 bits per heavy atom. The van der Waals surface area contributed by atoms with E-state index in [1.54, 1.807) is 7.11 Å². The third-order valence-electron chi connectivity index (χ3n) is 3.11. The van der Waals surface area contributed by atoms with Gasteiger partial charge in [-0.2, -0.15) is 0 Å². The van der Waals surface area contributed by atoms with Crippen LogP contribution >= 0.6 is 0 Å². The molecule has 2 N–H and O–H groups in total. The highest BCUT2D eigenvalue weighted by atomic mass is 16.5. The van der Waals surface area contributed by atoms with Gasteiger partial charge >= 0.3 is 0 Å². The Bertz CT molecular complexity index is 351. The van der Waals surface area contributed by atoms with E-state index in [1.807, 2.05) is 25.2 Å². The third kappa shape index (κ3) is 2.77. The lowest BCUT2D eigenvalue weighted by Crippen LogP contribution is -2.45. The number of hydrogen-bond acceptors (Lipinski definition) is 4. The van der Waals surface area contributed by atoms with Gasteiger partial charge in [-0.1, -0.05) is 18.2 Å². The smallest absolute Gasteiger partial charge is 0.123 e. The van der Waals surface area contributed by atoms with Crippen molar-refractivity contribution in [1.82, 2.24) is 10.6 Å². The molecule has 0 spiro atoms. The third-order valence-corrected chi connectivity index (χ3v) is 3.11. The molecular formula is C13H20N2O2. The normalized spacial score (nSPS) is 22.1. The minimum absolute atomic E-state index is 0.144. The fourth-order valence-electron chi connectivity index (χ4n) is 2.26. The minimum atomic E-state index is 0.144. The van der Waals surface area contributed by atoms with Gasteiger partial charge in [0.25, 0.3) is 0 Å². The Morgan fingerprint density at radius 2 is 2.29 bits per heavy atom. The number of benzene rings is 1. The fraction of sp³-hybridized carbons (Fsp3) is 0.538. The van der Waals surface area contributed by atoms with Crippen LogP contribution in [-0.2, 0) is 4.74 Å². The molecule has 0 aromatic heterocycles. The summed E-state index contributed by atoms with van der Waals surface area (Å²) in [6.45, 7) is 2.56. The second kappa shape index (κ2) is 6.00. The van der Waals surface area contributed by atoms with Crippen molar-refractivity contribution in [1.29, 1.82) is 0 Å². The number of para-hydroxylation sites is 1. The van der Waals surface area contributed by atoms with Crippen LogP contribution in [-0.4, -0.2) is 40.0 Å². The Morgan fingerprint density at radius 3 is 2.94 bits per heavy atom. The van der Waals surface area contributed by atoms with Gasteiger partial charge in [-0.05, 0) is 13.1 Å². The Labute approximate surface area is 102 Å². The lowest BCUT2D eigenvalue weighted by atomic mass is 9.99. The lowest BCUT2D eigenvalue weighted by Gasteiger charge is -2.31. The van der Waals surface area contributed by atoms with E-state index < -0.39 is 0 Å². The van der Waals surface area contributed by atoms with Gasteiger partial charge in [0.15, 0.2) is 0 Å². The molecule has 1 aliphatic heterocycles. The number of rotatable bonds is 4. The van der Waals surface area contributed by atoms with Gasteiger partial charge in [0.2, 0.25) is 0 Å². The van der Waals surface area contributed by atoms with Crippen LogP contribution in [0.1, 0.15) is 11.6 Å². The zero-order chi connectivity index (χ0) is 12.1. The van der Waals surface area contributed by atoms with Crippen LogP contribution in [0.2, 0.25) is 0 Å². The highest BCUT2D eigenvalue weighted by Gasteiger charge is 2.26. The number of methoxy groups -OCH3 is 1. The van der Waals surface area contributed by atoms with Gasteiger partial charge in [0, 0.05) is 18.7 Å². The molecule has 0 aliphatic carbocycles. The molecule has 0 bridgehead atoms. The number of morpholine rings is 1. The Hall–Kier alpha value is -1.10. The summed E-state index contributed by atoms with van der Waals surface area (Å²) in [5.41, 5.74) is 1.14. The number of likely N-dealkylation sites (N-methyl/N-ethyl adjacent to an activating group) is 1. The number of ether oxygens (including phenoxy) is 2. The van der Waals surface area contributed by atoms with Gasteiger partial charge in [0.1, 0.15) is 5.75 Å². The molecular weight excluding hydrogens is 216 g/mol. The van der Waals surface area contributed by atoms with Crippen molar-refractivity contribution in [2.75, 3.05) is 33.9 Å². The van der Waals surface area contributed by atoms with Crippen LogP contribution < -0.4 is 15.4 Å². The molecule has 2 atom stereocenters. The average Bonchev–Trinajstić information content (AvgIpc) is 2.41. The predicted octanol–water partition coefficient (Wildman–Crippen LogP) is 0.944. The molecule has 2 rings (SSSR count). The molecule has 0 amide bonds. The van der Waals surface area contributed by atoms with E-state index in [9.17, 15) is 0 Å². The van der Waals surface area contributed by atoms with Gasteiger partial charge in [-0.25, -0.2) is 0 Å². The van der Waals surface area contributed by atoms with Crippen LogP contribution in [0, 0.1) is 0 Å². The fourth-order valence-corrected chi connectivity index (χ4v) is 2.26. The molecule has 0 saturated carbocycles. The average molecular weight is 236 g/mol. The predicted molar refractivity (Wildman–Crippen MR) is 67.4 cm³/mol. The van der Waals surface area contributed by atoms with Crippen molar-refractivity contribution >= 4 is 0 Å². The first kappa shape index (κ1) is 12.4. The lowest BCUT2D eigenvalue weighted by molar-refractivity contribution is 0.00491. The van der Waals surface area contributed by atoms with Gasteiger partial charge < -0.3 is 20.1 Å². The monoisotopic (exact) mass is 236 g/mol. The van der Waals surface area contributed by atoms with E-state index in [1.165, 1.54) is 0 Å². The van der Waals surface area contributed by atoms with Crippen LogP contribution in [0.3, 0.4) is 0 Å². The highest BCUT2D eigenvalue weighted by molar-refractivity contribution is 5.36. The number of hydrogen-bond donors (Lipinski definition) is 2. The topological polar surface area (TPSA) is 42.5 Å². The van der Waals surface area contributed by atoms with Gasteiger partial charge in [0.05, 0.1) is 25.9 Å². The first-order valence-corrected chi connectivity index (χ1v) is 5.99. The second-order valence-electron chi connectivity index (χ2n) is 4.12. The van der Waals surface area contributed by atoms with E-state index >= 15 is 0 Å². The van der Waals surface area contributed by atoms with E-state index in [2.05, 4.69) is 16.7 Å². The quantitative estimate of drug-likeness (QED) is 0.816. The van der Waals surface area contributed by atoms with E-state index in [4.69, 9.17) is 9.47 Å². The largest absolute Gasteiger partial charge is 0.496 e. The maximum absolute atomic E-state index is 5.80. The first-order valence-electron chi connectivity index (χ1n) is 5.99. The summed E-state index contributed by atoms with van der Waals surface area (Å²) in [5.74, 6) is 0.904. The summed E-state index contributed by atoms with van der Waals surface area (Å²) in [4.78, 5) is 0. The summed E-state index contributed by atoms with van der Waals surface area (Å²) in [5, 5.41) is 6.67. The van der Waals surface area contributed by atoms with Gasteiger partial charge in [-0.15, -0.1) is 0 Å². The summed E-state index contributed by atoms with van der Waals surface area (Å²) < 4.78 is 11.2. The second-order valence-corrected chi connectivity index (χ2v) is 4.12.